The molecule has 174 valence electrons. The number of carbonyl (C=O) groups excluding carboxylic acids is 1. The van der Waals surface area contributed by atoms with Gasteiger partial charge in [-0.2, -0.15) is 0 Å². The van der Waals surface area contributed by atoms with Gasteiger partial charge in [0.15, 0.2) is 0 Å². The van der Waals surface area contributed by atoms with Crippen molar-refractivity contribution in [1.82, 2.24) is 10.2 Å². The Hall–Kier alpha value is -1.90. The number of methoxy groups -OCH3 is 1. The van der Waals surface area contributed by atoms with Crippen molar-refractivity contribution < 1.29 is 9.53 Å². The fourth-order valence-electron chi connectivity index (χ4n) is 4.19. The van der Waals surface area contributed by atoms with Gasteiger partial charge in [-0.1, -0.05) is 47.9 Å². The number of nitrogens with one attached hydrogen (secondary N) is 1. The predicted molar refractivity (Wildman–Crippen MR) is 137 cm³/mol. The van der Waals surface area contributed by atoms with Gasteiger partial charge in [-0.05, 0) is 91.3 Å². The summed E-state index contributed by atoms with van der Waals surface area (Å²) in [4.78, 5) is 14.9. The smallest absolute Gasteiger partial charge is 0.252 e. The summed E-state index contributed by atoms with van der Waals surface area (Å²) in [6, 6.07) is 6.18. The van der Waals surface area contributed by atoms with Crippen molar-refractivity contribution in [3.63, 3.8) is 0 Å². The first-order chi connectivity index (χ1) is 15.3. The molecular weight excluding hydrogens is 415 g/mol. The molecule has 1 N–H and O–H groups in total. The summed E-state index contributed by atoms with van der Waals surface area (Å²) in [7, 11) is 2.25. The Labute approximate surface area is 196 Å². The number of ether oxygens (including phenoxy) is 1. The van der Waals surface area contributed by atoms with E-state index in [4.69, 9.17) is 4.74 Å². The van der Waals surface area contributed by atoms with Gasteiger partial charge >= 0.3 is 0 Å². The third-order valence-corrected chi connectivity index (χ3v) is 8.29. The number of benzene rings is 1. The molecule has 0 spiro atoms. The van der Waals surface area contributed by atoms with E-state index in [-0.39, 0.29) is 11.7 Å². The van der Waals surface area contributed by atoms with E-state index in [1.807, 2.05) is 24.0 Å². The average molecular weight is 455 g/mol. The molecule has 0 radical (unpaired) electrons. The summed E-state index contributed by atoms with van der Waals surface area (Å²) < 4.78 is 5.37. The van der Waals surface area contributed by atoms with Gasteiger partial charge in [-0.25, -0.2) is 0 Å². The monoisotopic (exact) mass is 454 g/mol. The van der Waals surface area contributed by atoms with Gasteiger partial charge in [0.05, 0.1) is 12.9 Å². The number of allylic oxidation sites excluding steroid dienone is 2. The lowest BCUT2D eigenvalue weighted by molar-refractivity contribution is -0.123. The maximum absolute atomic E-state index is 12.9. The molecule has 0 saturated carbocycles. The summed E-state index contributed by atoms with van der Waals surface area (Å²) in [6.07, 6.45) is 9.88. The molecule has 1 aromatic carbocycles. The minimum Gasteiger partial charge on any atom is -0.496 e. The Morgan fingerprint density at radius 1 is 1.19 bits per heavy atom. The molecule has 3 aliphatic heterocycles. The zero-order chi connectivity index (χ0) is 23.3. The molecule has 0 bridgehead atoms. The lowest BCUT2D eigenvalue weighted by Crippen LogP contribution is -2.39. The van der Waals surface area contributed by atoms with Gasteiger partial charge in [-0.15, -0.1) is 0 Å². The van der Waals surface area contributed by atoms with Crippen LogP contribution in [-0.2, 0) is 4.79 Å². The Morgan fingerprint density at radius 3 is 2.47 bits per heavy atom. The van der Waals surface area contributed by atoms with Crippen LogP contribution in [0.2, 0.25) is 0 Å². The van der Waals surface area contributed by atoms with Gasteiger partial charge in [0.2, 0.25) is 0 Å². The highest BCUT2D eigenvalue weighted by atomic mass is 31.1. The molecule has 2 atom stereocenters. The van der Waals surface area contributed by atoms with E-state index in [1.165, 1.54) is 17.6 Å². The summed E-state index contributed by atoms with van der Waals surface area (Å²) in [5.74, 6) is 2.59. The number of piperidine rings is 1. The lowest BCUT2D eigenvalue weighted by atomic mass is 9.88. The van der Waals surface area contributed by atoms with E-state index in [2.05, 4.69) is 57.4 Å². The molecule has 1 aromatic rings. The number of fused-ring (bicyclic) bond motifs is 1. The van der Waals surface area contributed by atoms with E-state index in [1.54, 1.807) is 7.11 Å². The van der Waals surface area contributed by atoms with Crippen molar-refractivity contribution in [1.29, 1.82) is 0 Å². The van der Waals surface area contributed by atoms with Crippen LogP contribution < -0.4 is 10.1 Å². The fraction of sp³-hybridized carbons (Fsp3) is 0.519. The molecule has 32 heavy (non-hydrogen) atoms. The Morgan fingerprint density at radius 2 is 1.88 bits per heavy atom. The first kappa shape index (κ1) is 24.7. The molecule has 3 aliphatic rings. The maximum Gasteiger partial charge on any atom is 0.252 e. The van der Waals surface area contributed by atoms with Crippen LogP contribution in [0.1, 0.15) is 58.1 Å². The lowest BCUT2D eigenvalue weighted by Gasteiger charge is -2.38. The molecule has 4 rings (SSSR count). The molecule has 1 amide bonds. The second-order valence-electron chi connectivity index (χ2n) is 9.38. The highest BCUT2D eigenvalue weighted by Gasteiger charge is 2.33. The van der Waals surface area contributed by atoms with Gasteiger partial charge in [0.25, 0.3) is 5.91 Å². The van der Waals surface area contributed by atoms with E-state index in [0.717, 1.165) is 54.0 Å². The zero-order valence-corrected chi connectivity index (χ0v) is 21.5. The van der Waals surface area contributed by atoms with Crippen molar-refractivity contribution in [2.24, 2.45) is 11.8 Å². The number of amides is 1. The quantitative estimate of drug-likeness (QED) is 0.560. The van der Waals surface area contributed by atoms with Crippen molar-refractivity contribution in [3.05, 3.63) is 58.8 Å². The molecule has 1 saturated heterocycles. The topological polar surface area (TPSA) is 41.6 Å². The third-order valence-electron chi connectivity index (χ3n) is 6.54. The number of rotatable bonds is 4. The second-order valence-corrected chi connectivity index (χ2v) is 10.8. The van der Waals surface area contributed by atoms with E-state index in [0.29, 0.717) is 14.5 Å². The van der Waals surface area contributed by atoms with Gasteiger partial charge in [-0.3, -0.25) is 4.79 Å². The third kappa shape index (κ3) is 5.91. The molecule has 0 aliphatic carbocycles. The van der Waals surface area contributed by atoms with Crippen LogP contribution in [0.25, 0.3) is 5.31 Å². The van der Waals surface area contributed by atoms with E-state index < -0.39 is 0 Å². The first-order valence-electron chi connectivity index (χ1n) is 11.9. The predicted octanol–water partition coefficient (Wildman–Crippen LogP) is 6.09. The highest BCUT2D eigenvalue weighted by Crippen LogP contribution is 2.48. The first-order valence-corrected chi connectivity index (χ1v) is 13.0. The van der Waals surface area contributed by atoms with Crippen molar-refractivity contribution in [2.45, 2.75) is 59.7 Å². The largest absolute Gasteiger partial charge is 0.496 e. The van der Waals surface area contributed by atoms with Gasteiger partial charge in [0.1, 0.15) is 5.75 Å². The molecular formula is C27H39N2O2P. The minimum atomic E-state index is 0.0982. The van der Waals surface area contributed by atoms with Crippen LogP contribution in [0, 0.1) is 18.8 Å². The fourth-order valence-corrected chi connectivity index (χ4v) is 5.66. The summed E-state index contributed by atoms with van der Waals surface area (Å²) in [6.45, 7) is 13.0. The molecule has 4 nitrogen and oxygen atoms in total. The SMILES string of the molecule is CCC(C)C.COc1ccc(C2=CC(=O)N3C=C(C4CCNCC4)C=C(C)C3P2)cc1C. The molecule has 1 fully saturated rings. The standard InChI is InChI=1S/C22H27N2O2P.C5H12/c1-14-10-17(4-5-19(14)26-3)20-12-21(25)24-13-18(11-15(2)22(24)27-20)16-6-8-23-9-7-16;1-4-5(2)3/h4-5,10-13,16,22-23,27H,6-9H2,1-3H3;5H,4H2,1-3H3. The molecule has 3 heterocycles. The van der Waals surface area contributed by atoms with E-state index >= 15 is 0 Å². The second kappa shape index (κ2) is 11.3. The molecule has 2 unspecified atom stereocenters. The number of hydrogen-bond acceptors (Lipinski definition) is 3. The Balaban J connectivity index is 0.000000523. The molecule has 0 aromatic heterocycles. The normalized spacial score (nSPS) is 22.0. The Bertz CT molecular complexity index is 910. The van der Waals surface area contributed by atoms with Crippen molar-refractivity contribution in [2.75, 3.05) is 20.2 Å². The summed E-state index contributed by atoms with van der Waals surface area (Å²) in [5.41, 5.74) is 4.84. The van der Waals surface area contributed by atoms with Gasteiger partial charge in [0, 0.05) is 12.3 Å². The Kier molecular flexibility index (Phi) is 8.73. The number of nitrogens with zero attached hydrogens (tertiary/aromatic N) is 1. The van der Waals surface area contributed by atoms with Crippen LogP contribution >= 0.6 is 8.58 Å². The summed E-state index contributed by atoms with van der Waals surface area (Å²) in [5, 5.41) is 4.56. The van der Waals surface area contributed by atoms with Crippen molar-refractivity contribution >= 4 is 19.8 Å². The van der Waals surface area contributed by atoms with Crippen LogP contribution in [0.5, 0.6) is 5.75 Å². The van der Waals surface area contributed by atoms with Gasteiger partial charge < -0.3 is 15.0 Å². The average Bonchev–Trinajstić information content (AvgIpc) is 2.80. The van der Waals surface area contributed by atoms with Crippen LogP contribution in [0.15, 0.2) is 47.7 Å². The number of aryl methyl sites for hydroxylation is 1. The summed E-state index contributed by atoms with van der Waals surface area (Å²) >= 11 is 0. The van der Waals surface area contributed by atoms with Crippen LogP contribution in [0.4, 0.5) is 0 Å². The highest BCUT2D eigenvalue weighted by molar-refractivity contribution is 7.51. The zero-order valence-electron chi connectivity index (χ0n) is 20.5. The molecule has 5 heteroatoms. The van der Waals surface area contributed by atoms with E-state index in [9.17, 15) is 4.79 Å². The van der Waals surface area contributed by atoms with Crippen molar-refractivity contribution in [3.8, 4) is 5.75 Å². The van der Waals surface area contributed by atoms with Crippen LogP contribution in [-0.4, -0.2) is 36.8 Å². The number of hydrogen-bond donors (Lipinski definition) is 1. The van der Waals surface area contributed by atoms with Crippen LogP contribution in [0.3, 0.4) is 0 Å². The number of carbonyl (C=O) groups is 1. The minimum absolute atomic E-state index is 0.0982. The maximum atomic E-state index is 12.9.